The SMILES string of the molecule is C#CCC(CC)NC(=O)c1sc2cc(Br)ccc2c1N. The highest BCUT2D eigenvalue weighted by Crippen LogP contribution is 2.35. The Bertz CT molecular complexity index is 687. The number of hydrogen-bond donors (Lipinski definition) is 2. The van der Waals surface area contributed by atoms with Crippen molar-refractivity contribution < 1.29 is 4.79 Å². The molecular weight excluding hydrogens is 336 g/mol. The molecule has 0 bridgehead atoms. The third-order valence-electron chi connectivity index (χ3n) is 3.09. The summed E-state index contributed by atoms with van der Waals surface area (Å²) in [6.07, 6.45) is 6.62. The molecule has 3 nitrogen and oxygen atoms in total. The van der Waals surface area contributed by atoms with Crippen LogP contribution in [0.2, 0.25) is 0 Å². The fourth-order valence-electron chi connectivity index (χ4n) is 1.95. The van der Waals surface area contributed by atoms with Gasteiger partial charge in [0, 0.05) is 27.0 Å². The quantitative estimate of drug-likeness (QED) is 0.824. The number of nitrogens with one attached hydrogen (secondary N) is 1. The van der Waals surface area contributed by atoms with Gasteiger partial charge in [0.15, 0.2) is 0 Å². The van der Waals surface area contributed by atoms with Gasteiger partial charge in [-0.25, -0.2) is 0 Å². The molecule has 0 radical (unpaired) electrons. The molecule has 0 spiro atoms. The van der Waals surface area contributed by atoms with E-state index in [1.54, 1.807) is 0 Å². The van der Waals surface area contributed by atoms with Crippen LogP contribution in [0.4, 0.5) is 5.69 Å². The minimum absolute atomic E-state index is 0.0103. The summed E-state index contributed by atoms with van der Waals surface area (Å²) in [4.78, 5) is 12.9. The standard InChI is InChI=1S/C15H15BrN2OS/c1-3-5-10(4-2)18-15(19)14-13(17)11-7-6-9(16)8-12(11)20-14/h1,6-8,10H,4-5,17H2,2H3,(H,18,19). The number of nitrogen functional groups attached to an aromatic ring is 1. The van der Waals surface area contributed by atoms with Gasteiger partial charge in [-0.3, -0.25) is 4.79 Å². The van der Waals surface area contributed by atoms with Crippen LogP contribution in [0, 0.1) is 12.3 Å². The van der Waals surface area contributed by atoms with Gasteiger partial charge in [0.1, 0.15) is 4.88 Å². The molecule has 0 aliphatic rings. The number of halogens is 1. The van der Waals surface area contributed by atoms with Gasteiger partial charge in [-0.05, 0) is 18.6 Å². The summed E-state index contributed by atoms with van der Waals surface area (Å²) in [6, 6.07) is 5.79. The van der Waals surface area contributed by atoms with E-state index in [9.17, 15) is 4.79 Å². The van der Waals surface area contributed by atoms with Crippen LogP contribution in [-0.2, 0) is 0 Å². The summed E-state index contributed by atoms with van der Waals surface area (Å²) in [5.74, 6) is 2.42. The second kappa shape index (κ2) is 6.29. The van der Waals surface area contributed by atoms with E-state index in [2.05, 4.69) is 27.2 Å². The van der Waals surface area contributed by atoms with Crippen molar-refractivity contribution >= 4 is 48.9 Å². The Hall–Kier alpha value is -1.51. The zero-order valence-corrected chi connectivity index (χ0v) is 13.5. The van der Waals surface area contributed by atoms with Crippen molar-refractivity contribution in [2.45, 2.75) is 25.8 Å². The van der Waals surface area contributed by atoms with Gasteiger partial charge in [0.05, 0.1) is 5.69 Å². The molecule has 0 saturated carbocycles. The molecule has 3 N–H and O–H groups in total. The van der Waals surface area contributed by atoms with Crippen LogP contribution in [-0.4, -0.2) is 11.9 Å². The molecule has 5 heteroatoms. The lowest BCUT2D eigenvalue weighted by atomic mass is 10.1. The summed E-state index contributed by atoms with van der Waals surface area (Å²) in [7, 11) is 0. The number of thiophene rings is 1. The first-order chi connectivity index (χ1) is 9.56. The maximum absolute atomic E-state index is 12.3. The monoisotopic (exact) mass is 350 g/mol. The van der Waals surface area contributed by atoms with Crippen LogP contribution in [0.5, 0.6) is 0 Å². The van der Waals surface area contributed by atoms with Gasteiger partial charge >= 0.3 is 0 Å². The van der Waals surface area contributed by atoms with E-state index in [0.717, 1.165) is 21.0 Å². The van der Waals surface area contributed by atoms with Crippen molar-refractivity contribution in [1.82, 2.24) is 5.32 Å². The van der Waals surface area contributed by atoms with Gasteiger partial charge in [-0.1, -0.05) is 28.9 Å². The van der Waals surface area contributed by atoms with Gasteiger partial charge in [0.25, 0.3) is 5.91 Å². The van der Waals surface area contributed by atoms with Crippen LogP contribution in [0.15, 0.2) is 22.7 Å². The molecule has 0 saturated heterocycles. The van der Waals surface area contributed by atoms with Crippen molar-refractivity contribution in [3.05, 3.63) is 27.5 Å². The minimum atomic E-state index is -0.151. The topological polar surface area (TPSA) is 55.1 Å². The average molecular weight is 351 g/mol. The molecule has 1 atom stereocenters. The van der Waals surface area contributed by atoms with Gasteiger partial charge in [-0.15, -0.1) is 23.7 Å². The molecule has 1 aromatic carbocycles. The molecule has 20 heavy (non-hydrogen) atoms. The molecule has 0 aliphatic carbocycles. The number of terminal acetylenes is 1. The Morgan fingerprint density at radius 1 is 1.60 bits per heavy atom. The first-order valence-electron chi connectivity index (χ1n) is 6.28. The highest BCUT2D eigenvalue weighted by Gasteiger charge is 2.18. The molecule has 1 aromatic heterocycles. The number of nitrogens with two attached hydrogens (primary N) is 1. The number of anilines is 1. The predicted octanol–water partition coefficient (Wildman–Crippen LogP) is 3.78. The molecule has 1 unspecified atom stereocenters. The van der Waals surface area contributed by atoms with Crippen LogP contribution < -0.4 is 11.1 Å². The highest BCUT2D eigenvalue weighted by atomic mass is 79.9. The van der Waals surface area contributed by atoms with E-state index in [0.29, 0.717) is 17.0 Å². The average Bonchev–Trinajstić information content (AvgIpc) is 2.74. The van der Waals surface area contributed by atoms with E-state index in [1.165, 1.54) is 11.3 Å². The first-order valence-corrected chi connectivity index (χ1v) is 7.89. The molecular formula is C15H15BrN2OS. The Kier molecular flexibility index (Phi) is 4.69. The summed E-state index contributed by atoms with van der Waals surface area (Å²) in [5.41, 5.74) is 6.61. The van der Waals surface area contributed by atoms with Crippen LogP contribution >= 0.6 is 27.3 Å². The van der Waals surface area contributed by atoms with Gasteiger partial charge in [-0.2, -0.15) is 0 Å². The van der Waals surface area contributed by atoms with Crippen molar-refractivity contribution in [3.8, 4) is 12.3 Å². The summed E-state index contributed by atoms with van der Waals surface area (Å²) < 4.78 is 1.96. The van der Waals surface area contributed by atoms with Crippen molar-refractivity contribution in [2.75, 3.05) is 5.73 Å². The number of carbonyl (C=O) groups excluding carboxylic acids is 1. The van der Waals surface area contributed by atoms with E-state index in [4.69, 9.17) is 12.2 Å². The summed E-state index contributed by atoms with van der Waals surface area (Å²) >= 11 is 4.82. The lowest BCUT2D eigenvalue weighted by Crippen LogP contribution is -2.33. The first kappa shape index (κ1) is 14.9. The minimum Gasteiger partial charge on any atom is -0.397 e. The number of amides is 1. The summed E-state index contributed by atoms with van der Waals surface area (Å²) in [5, 5.41) is 3.85. The van der Waals surface area contributed by atoms with Crippen molar-refractivity contribution in [2.24, 2.45) is 0 Å². The fourth-order valence-corrected chi connectivity index (χ4v) is 3.53. The van der Waals surface area contributed by atoms with E-state index in [-0.39, 0.29) is 11.9 Å². The van der Waals surface area contributed by atoms with Crippen molar-refractivity contribution in [3.63, 3.8) is 0 Å². The number of carbonyl (C=O) groups is 1. The van der Waals surface area contributed by atoms with Gasteiger partial charge < -0.3 is 11.1 Å². The lowest BCUT2D eigenvalue weighted by Gasteiger charge is -2.13. The predicted molar refractivity (Wildman–Crippen MR) is 88.9 cm³/mol. The second-order valence-electron chi connectivity index (χ2n) is 4.47. The molecule has 104 valence electrons. The molecule has 2 rings (SSSR count). The largest absolute Gasteiger partial charge is 0.397 e. The Morgan fingerprint density at radius 3 is 3.00 bits per heavy atom. The molecule has 2 aromatic rings. The van der Waals surface area contributed by atoms with Crippen LogP contribution in [0.25, 0.3) is 10.1 Å². The zero-order chi connectivity index (χ0) is 14.7. The number of fused-ring (bicyclic) bond motifs is 1. The second-order valence-corrected chi connectivity index (χ2v) is 6.44. The van der Waals surface area contributed by atoms with E-state index < -0.39 is 0 Å². The third kappa shape index (κ3) is 2.97. The Morgan fingerprint density at radius 2 is 2.35 bits per heavy atom. The Balaban J connectivity index is 2.31. The lowest BCUT2D eigenvalue weighted by molar-refractivity contribution is 0.0941. The van der Waals surface area contributed by atoms with Crippen LogP contribution in [0.1, 0.15) is 29.4 Å². The van der Waals surface area contributed by atoms with E-state index >= 15 is 0 Å². The highest BCUT2D eigenvalue weighted by molar-refractivity contribution is 9.10. The fraction of sp³-hybridized carbons (Fsp3) is 0.267. The zero-order valence-electron chi connectivity index (χ0n) is 11.1. The van der Waals surface area contributed by atoms with E-state index in [1.807, 2.05) is 25.1 Å². The number of hydrogen-bond acceptors (Lipinski definition) is 3. The number of benzene rings is 1. The number of rotatable bonds is 4. The third-order valence-corrected chi connectivity index (χ3v) is 4.75. The Labute approximate surface area is 130 Å². The normalized spacial score (nSPS) is 12.1. The molecule has 0 aliphatic heterocycles. The summed E-state index contributed by atoms with van der Waals surface area (Å²) in [6.45, 7) is 1.99. The molecule has 1 heterocycles. The smallest absolute Gasteiger partial charge is 0.263 e. The molecule has 0 fully saturated rings. The van der Waals surface area contributed by atoms with Crippen LogP contribution in [0.3, 0.4) is 0 Å². The maximum Gasteiger partial charge on any atom is 0.263 e. The van der Waals surface area contributed by atoms with Crippen molar-refractivity contribution in [1.29, 1.82) is 0 Å². The van der Waals surface area contributed by atoms with Gasteiger partial charge in [0.2, 0.25) is 0 Å². The maximum atomic E-state index is 12.3. The molecule has 1 amide bonds.